The molecular formula is C26H22N2O2. The smallest absolute Gasteiger partial charge is 0.255 e. The largest absolute Gasteiger partial charge is 0.456 e. The van der Waals surface area contributed by atoms with Crippen molar-refractivity contribution in [3.8, 4) is 0 Å². The summed E-state index contributed by atoms with van der Waals surface area (Å²) in [6, 6.07) is 19.7. The number of aryl methyl sites for hydroxylation is 1. The van der Waals surface area contributed by atoms with Gasteiger partial charge in [0.1, 0.15) is 11.2 Å². The van der Waals surface area contributed by atoms with Gasteiger partial charge in [0.2, 0.25) is 0 Å². The van der Waals surface area contributed by atoms with Gasteiger partial charge in [0, 0.05) is 38.6 Å². The highest BCUT2D eigenvalue weighted by atomic mass is 16.3. The molecule has 1 aliphatic rings. The number of hydrogen-bond acceptors (Lipinski definition) is 2. The van der Waals surface area contributed by atoms with Crippen molar-refractivity contribution in [3.63, 3.8) is 0 Å². The first kappa shape index (κ1) is 17.3. The zero-order valence-electron chi connectivity index (χ0n) is 16.8. The number of furan rings is 1. The van der Waals surface area contributed by atoms with Crippen molar-refractivity contribution in [2.75, 3.05) is 5.32 Å². The van der Waals surface area contributed by atoms with Crippen LogP contribution in [0, 0.1) is 5.92 Å². The highest BCUT2D eigenvalue weighted by molar-refractivity contribution is 6.10. The number of fused-ring (bicyclic) bond motifs is 6. The fourth-order valence-electron chi connectivity index (χ4n) is 4.74. The molecule has 2 aromatic heterocycles. The first-order valence-corrected chi connectivity index (χ1v) is 10.5. The van der Waals surface area contributed by atoms with Crippen LogP contribution in [0.2, 0.25) is 0 Å². The lowest BCUT2D eigenvalue weighted by Gasteiger charge is -2.18. The average molecular weight is 394 g/mol. The molecular weight excluding hydrogens is 372 g/mol. The number of carbonyl (C=O) groups is 1. The third kappa shape index (κ3) is 2.71. The number of anilines is 1. The quantitative estimate of drug-likeness (QED) is 0.362. The maximum absolute atomic E-state index is 13.0. The molecule has 0 saturated heterocycles. The maximum Gasteiger partial charge on any atom is 0.255 e. The van der Waals surface area contributed by atoms with E-state index in [0.29, 0.717) is 11.5 Å². The molecule has 0 radical (unpaired) electrons. The number of benzene rings is 3. The SMILES string of the molecule is C[C@@H]1CCc2[nH]c3ccc(C(=O)Nc4ccc5oc6ccccc6c5c4)cc3c2C1. The van der Waals surface area contributed by atoms with Crippen LogP contribution in [0.4, 0.5) is 5.69 Å². The van der Waals surface area contributed by atoms with Gasteiger partial charge in [-0.1, -0.05) is 25.1 Å². The molecule has 148 valence electrons. The van der Waals surface area contributed by atoms with E-state index in [1.54, 1.807) is 0 Å². The summed E-state index contributed by atoms with van der Waals surface area (Å²) >= 11 is 0. The van der Waals surface area contributed by atoms with Gasteiger partial charge in [-0.15, -0.1) is 0 Å². The van der Waals surface area contributed by atoms with Crippen LogP contribution in [-0.4, -0.2) is 10.9 Å². The number of rotatable bonds is 2. The van der Waals surface area contributed by atoms with Crippen LogP contribution in [0.5, 0.6) is 0 Å². The van der Waals surface area contributed by atoms with Crippen LogP contribution in [0.3, 0.4) is 0 Å². The van der Waals surface area contributed by atoms with Crippen LogP contribution in [-0.2, 0) is 12.8 Å². The minimum absolute atomic E-state index is 0.0946. The van der Waals surface area contributed by atoms with E-state index in [1.165, 1.54) is 23.1 Å². The second kappa shape index (κ2) is 6.49. The molecule has 1 aliphatic carbocycles. The third-order valence-corrected chi connectivity index (χ3v) is 6.33. The second-order valence-corrected chi connectivity index (χ2v) is 8.45. The van der Waals surface area contributed by atoms with Gasteiger partial charge < -0.3 is 14.7 Å². The Morgan fingerprint density at radius 3 is 2.80 bits per heavy atom. The Hall–Kier alpha value is -3.53. The summed E-state index contributed by atoms with van der Waals surface area (Å²) in [7, 11) is 0. The zero-order valence-corrected chi connectivity index (χ0v) is 16.8. The van der Waals surface area contributed by atoms with Gasteiger partial charge in [-0.05, 0) is 73.2 Å². The number of para-hydroxylation sites is 1. The lowest BCUT2D eigenvalue weighted by Crippen LogP contribution is -2.12. The van der Waals surface area contributed by atoms with E-state index in [-0.39, 0.29) is 5.91 Å². The first-order valence-electron chi connectivity index (χ1n) is 10.5. The van der Waals surface area contributed by atoms with Crippen LogP contribution in [0.1, 0.15) is 35.0 Å². The molecule has 5 aromatic rings. The van der Waals surface area contributed by atoms with Crippen LogP contribution in [0.25, 0.3) is 32.8 Å². The normalized spacial score (nSPS) is 16.2. The van der Waals surface area contributed by atoms with Crippen molar-refractivity contribution >= 4 is 44.4 Å². The van der Waals surface area contributed by atoms with E-state index in [0.717, 1.165) is 46.0 Å². The Labute approximate surface area is 173 Å². The molecule has 6 rings (SSSR count). The van der Waals surface area contributed by atoms with Crippen molar-refractivity contribution in [3.05, 3.63) is 77.5 Å². The zero-order chi connectivity index (χ0) is 20.2. The number of carbonyl (C=O) groups excluding carboxylic acids is 1. The molecule has 0 saturated carbocycles. The minimum atomic E-state index is -0.0946. The van der Waals surface area contributed by atoms with Crippen molar-refractivity contribution < 1.29 is 9.21 Å². The molecule has 0 unspecified atom stereocenters. The summed E-state index contributed by atoms with van der Waals surface area (Å²) in [6.45, 7) is 2.30. The monoisotopic (exact) mass is 394 g/mol. The molecule has 1 amide bonds. The highest BCUT2D eigenvalue weighted by Gasteiger charge is 2.20. The molecule has 30 heavy (non-hydrogen) atoms. The third-order valence-electron chi connectivity index (χ3n) is 6.33. The maximum atomic E-state index is 13.0. The lowest BCUT2D eigenvalue weighted by molar-refractivity contribution is 0.102. The van der Waals surface area contributed by atoms with E-state index in [1.807, 2.05) is 60.7 Å². The Kier molecular flexibility index (Phi) is 3.75. The van der Waals surface area contributed by atoms with E-state index in [9.17, 15) is 4.79 Å². The van der Waals surface area contributed by atoms with Crippen molar-refractivity contribution in [2.45, 2.75) is 26.2 Å². The first-order chi connectivity index (χ1) is 14.7. The van der Waals surface area contributed by atoms with Gasteiger partial charge >= 0.3 is 0 Å². The molecule has 4 heteroatoms. The van der Waals surface area contributed by atoms with Gasteiger partial charge in [0.05, 0.1) is 0 Å². The van der Waals surface area contributed by atoms with Gasteiger partial charge in [0.25, 0.3) is 5.91 Å². The number of aromatic amines is 1. The average Bonchev–Trinajstić information content (AvgIpc) is 3.31. The number of hydrogen-bond donors (Lipinski definition) is 2. The van der Waals surface area contributed by atoms with Crippen molar-refractivity contribution in [1.29, 1.82) is 0 Å². The highest BCUT2D eigenvalue weighted by Crippen LogP contribution is 2.33. The molecule has 0 bridgehead atoms. The fraction of sp³-hybridized carbons (Fsp3) is 0.192. The lowest BCUT2D eigenvalue weighted by atomic mass is 9.87. The molecule has 4 nitrogen and oxygen atoms in total. The summed E-state index contributed by atoms with van der Waals surface area (Å²) < 4.78 is 5.88. The van der Waals surface area contributed by atoms with E-state index in [4.69, 9.17) is 4.42 Å². The van der Waals surface area contributed by atoms with E-state index in [2.05, 4.69) is 17.2 Å². The van der Waals surface area contributed by atoms with Crippen molar-refractivity contribution in [2.24, 2.45) is 5.92 Å². The molecule has 0 aliphatic heterocycles. The summed E-state index contributed by atoms with van der Waals surface area (Å²) in [5, 5.41) is 6.30. The second-order valence-electron chi connectivity index (χ2n) is 8.45. The van der Waals surface area contributed by atoms with E-state index < -0.39 is 0 Å². The molecule has 2 heterocycles. The number of H-pyrrole nitrogens is 1. The van der Waals surface area contributed by atoms with Crippen LogP contribution >= 0.6 is 0 Å². The molecule has 0 fully saturated rings. The minimum Gasteiger partial charge on any atom is -0.456 e. The molecule has 3 aromatic carbocycles. The number of nitrogens with one attached hydrogen (secondary N) is 2. The molecule has 2 N–H and O–H groups in total. The Bertz CT molecular complexity index is 1440. The van der Waals surface area contributed by atoms with Gasteiger partial charge in [-0.25, -0.2) is 0 Å². The number of aromatic nitrogens is 1. The standard InChI is InChI=1S/C26H22N2O2/c1-15-6-9-22-19(12-15)20-13-16(7-10-23(20)28-22)26(29)27-17-8-11-25-21(14-17)18-4-2-3-5-24(18)30-25/h2-5,7-8,10-11,13-15,28H,6,9,12H2,1H3,(H,27,29)/t15-/m1/s1. The summed E-state index contributed by atoms with van der Waals surface area (Å²) in [5.74, 6) is 0.591. The molecule has 0 spiro atoms. The number of amides is 1. The summed E-state index contributed by atoms with van der Waals surface area (Å²) in [5.41, 5.74) is 6.96. The molecule has 1 atom stereocenters. The topological polar surface area (TPSA) is 58.0 Å². The Morgan fingerprint density at radius 1 is 1.00 bits per heavy atom. The van der Waals surface area contributed by atoms with Gasteiger partial charge in [0.15, 0.2) is 0 Å². The Balaban J connectivity index is 1.35. The van der Waals surface area contributed by atoms with Crippen molar-refractivity contribution in [1.82, 2.24) is 4.98 Å². The summed E-state index contributed by atoms with van der Waals surface area (Å²) in [4.78, 5) is 16.5. The van der Waals surface area contributed by atoms with E-state index >= 15 is 0 Å². The van der Waals surface area contributed by atoms with Crippen LogP contribution in [0.15, 0.2) is 65.1 Å². The van der Waals surface area contributed by atoms with Crippen LogP contribution < -0.4 is 5.32 Å². The predicted molar refractivity (Wildman–Crippen MR) is 121 cm³/mol. The fourth-order valence-corrected chi connectivity index (χ4v) is 4.74. The predicted octanol–water partition coefficient (Wildman–Crippen LogP) is 6.44. The van der Waals surface area contributed by atoms with Gasteiger partial charge in [-0.2, -0.15) is 0 Å². The van der Waals surface area contributed by atoms with Gasteiger partial charge in [-0.3, -0.25) is 4.79 Å². The Morgan fingerprint density at radius 2 is 1.87 bits per heavy atom. The summed E-state index contributed by atoms with van der Waals surface area (Å²) in [6.07, 6.45) is 3.38.